The van der Waals surface area contributed by atoms with Gasteiger partial charge in [-0.25, -0.2) is 13.6 Å². The van der Waals surface area contributed by atoms with Gasteiger partial charge in [-0.3, -0.25) is 0 Å². The van der Waals surface area contributed by atoms with Gasteiger partial charge in [0.15, 0.2) is 4.91 Å². The molecule has 3 aromatic rings. The van der Waals surface area contributed by atoms with Gasteiger partial charge in [0.2, 0.25) is 10.0 Å². The van der Waals surface area contributed by atoms with Gasteiger partial charge >= 0.3 is 0 Å². The topological polar surface area (TPSA) is 92.1 Å². The molecule has 2 N–H and O–H groups in total. The Bertz CT molecular complexity index is 1260. The number of hydrogen-bond acceptors (Lipinski definition) is 4. The first-order valence-corrected chi connectivity index (χ1v) is 11.9. The average Bonchev–Trinajstić information content (AvgIpc) is 3.10. The summed E-state index contributed by atoms with van der Waals surface area (Å²) in [5, 5.41) is 16.5. The summed E-state index contributed by atoms with van der Waals surface area (Å²) >= 11 is 0. The second kappa shape index (κ2) is 9.38. The summed E-state index contributed by atoms with van der Waals surface area (Å²) in [7, 11) is -2.22. The third-order valence-corrected chi connectivity index (χ3v) is 6.15. The summed E-state index contributed by atoms with van der Waals surface area (Å²) in [6.07, 6.45) is 3.52. The first kappa shape index (κ1) is 22.6. The molecule has 0 amide bonds. The Balaban J connectivity index is 1.98. The molecule has 0 atom stereocenters. The number of nitrogens with zero attached hydrogens (tertiary/aromatic N) is 3. The summed E-state index contributed by atoms with van der Waals surface area (Å²) in [5.74, 6) is 0. The van der Waals surface area contributed by atoms with Crippen molar-refractivity contribution in [3.8, 4) is 17.3 Å². The largest absolute Gasteiger partial charge is 0.372 e. The number of anilines is 1. The van der Waals surface area contributed by atoms with E-state index in [1.165, 1.54) is 17.1 Å². The van der Waals surface area contributed by atoms with Crippen molar-refractivity contribution < 1.29 is 8.42 Å². The Morgan fingerprint density at radius 2 is 1.71 bits per heavy atom. The number of sulfonamides is 1. The monoisotopic (exact) mass is 436 g/mol. The minimum atomic E-state index is -4.05. The van der Waals surface area contributed by atoms with Gasteiger partial charge in [-0.1, -0.05) is 32.0 Å². The Hall–Kier alpha value is -3.08. The zero-order valence-electron chi connectivity index (χ0n) is 18.2. The minimum Gasteiger partial charge on any atom is -0.372 e. The molecule has 0 spiro atoms. The third-order valence-electron chi connectivity index (χ3n) is 5.33. The van der Waals surface area contributed by atoms with Crippen molar-refractivity contribution in [3.05, 3.63) is 59.1 Å². The van der Waals surface area contributed by atoms with Crippen LogP contribution in [-0.2, 0) is 17.1 Å². The highest BCUT2D eigenvalue weighted by Crippen LogP contribution is 2.29. The molecule has 31 heavy (non-hydrogen) atoms. The van der Waals surface area contributed by atoms with Crippen LogP contribution in [0, 0.1) is 11.3 Å². The van der Waals surface area contributed by atoms with E-state index in [-0.39, 0.29) is 0 Å². The first-order chi connectivity index (χ1) is 14.8. The smallest absolute Gasteiger partial charge is 0.248 e. The summed E-state index contributed by atoms with van der Waals surface area (Å²) in [6, 6.07) is 18.2. The summed E-state index contributed by atoms with van der Waals surface area (Å²) < 4.78 is 24.9. The molecule has 3 rings (SSSR count). The summed E-state index contributed by atoms with van der Waals surface area (Å²) in [4.78, 5) is 1.96. The highest BCUT2D eigenvalue weighted by Gasteiger charge is 2.14. The molecule has 0 saturated carbocycles. The number of aromatic nitrogens is 1. The maximum absolute atomic E-state index is 11.5. The van der Waals surface area contributed by atoms with Crippen LogP contribution < -0.4 is 10.0 Å². The standard InChI is InChI=1S/C24H28N4O2S/c1-4-12-28(13-5-2)22-9-8-18-14-20(7-6-19(18)15-22)24-11-10-21(27(24)3)16-23(17-25)31(26,29)30/h6-11,14-16H,4-5,12-13H2,1-3H3,(H2,26,29,30). The van der Waals surface area contributed by atoms with Gasteiger partial charge in [0.25, 0.3) is 0 Å². The van der Waals surface area contributed by atoms with E-state index in [1.807, 2.05) is 17.7 Å². The van der Waals surface area contributed by atoms with Crippen molar-refractivity contribution in [2.75, 3.05) is 18.0 Å². The van der Waals surface area contributed by atoms with E-state index in [0.29, 0.717) is 5.69 Å². The van der Waals surface area contributed by atoms with Crippen molar-refractivity contribution in [2.24, 2.45) is 12.2 Å². The normalized spacial score (nSPS) is 12.2. The van der Waals surface area contributed by atoms with E-state index in [9.17, 15) is 8.42 Å². The molecule has 0 radical (unpaired) electrons. The van der Waals surface area contributed by atoms with Gasteiger partial charge in [-0.15, -0.1) is 0 Å². The highest BCUT2D eigenvalue weighted by atomic mass is 32.2. The van der Waals surface area contributed by atoms with Crippen molar-refractivity contribution >= 4 is 32.6 Å². The van der Waals surface area contributed by atoms with Crippen LogP contribution in [0.15, 0.2) is 53.4 Å². The van der Waals surface area contributed by atoms with E-state index in [4.69, 9.17) is 10.4 Å². The lowest BCUT2D eigenvalue weighted by molar-refractivity contribution is 0.605. The Kier molecular flexibility index (Phi) is 6.84. The van der Waals surface area contributed by atoms with E-state index in [0.717, 1.165) is 42.6 Å². The summed E-state index contributed by atoms with van der Waals surface area (Å²) in [6.45, 7) is 6.48. The van der Waals surface area contributed by atoms with Gasteiger partial charge in [-0.2, -0.15) is 5.26 Å². The fraction of sp³-hybridized carbons (Fsp3) is 0.292. The van der Waals surface area contributed by atoms with Crippen LogP contribution in [0.3, 0.4) is 0 Å². The molecular formula is C24H28N4O2S. The molecule has 2 aromatic carbocycles. The lowest BCUT2D eigenvalue weighted by Crippen LogP contribution is -2.24. The van der Waals surface area contributed by atoms with Crippen LogP contribution >= 0.6 is 0 Å². The number of nitriles is 1. The SMILES string of the molecule is CCCN(CCC)c1ccc2cc(-c3ccc(C=C(C#N)S(N)(=O)=O)n3C)ccc2c1. The zero-order chi connectivity index (χ0) is 22.6. The molecule has 0 aliphatic heterocycles. The van der Waals surface area contributed by atoms with E-state index < -0.39 is 14.9 Å². The molecule has 6 nitrogen and oxygen atoms in total. The predicted molar refractivity (Wildman–Crippen MR) is 128 cm³/mol. The Labute approximate surface area is 184 Å². The van der Waals surface area contributed by atoms with Crippen molar-refractivity contribution in [1.29, 1.82) is 5.26 Å². The molecule has 1 heterocycles. The lowest BCUT2D eigenvalue weighted by Gasteiger charge is -2.24. The number of hydrogen-bond donors (Lipinski definition) is 1. The van der Waals surface area contributed by atoms with E-state index in [1.54, 1.807) is 12.1 Å². The number of primary sulfonamides is 1. The van der Waals surface area contributed by atoms with Crippen LogP contribution in [0.2, 0.25) is 0 Å². The molecule has 162 valence electrons. The van der Waals surface area contributed by atoms with E-state index in [2.05, 4.69) is 55.1 Å². The van der Waals surface area contributed by atoms with Crippen LogP contribution in [-0.4, -0.2) is 26.1 Å². The molecule has 1 aromatic heterocycles. The van der Waals surface area contributed by atoms with Gasteiger partial charge in [0, 0.05) is 37.2 Å². The maximum Gasteiger partial charge on any atom is 0.248 e. The first-order valence-electron chi connectivity index (χ1n) is 10.4. The molecule has 0 unspecified atom stereocenters. The second-order valence-electron chi connectivity index (χ2n) is 7.60. The fourth-order valence-electron chi connectivity index (χ4n) is 3.77. The second-order valence-corrected chi connectivity index (χ2v) is 9.13. The number of allylic oxidation sites excluding steroid dienone is 1. The third kappa shape index (κ3) is 4.98. The summed E-state index contributed by atoms with van der Waals surface area (Å²) in [5.41, 5.74) is 3.76. The number of rotatable bonds is 8. The quantitative estimate of drug-likeness (QED) is 0.521. The van der Waals surface area contributed by atoms with Crippen LogP contribution in [0.4, 0.5) is 5.69 Å². The average molecular weight is 437 g/mol. The van der Waals surface area contributed by atoms with Crippen LogP contribution in [0.5, 0.6) is 0 Å². The maximum atomic E-state index is 11.5. The molecule has 0 fully saturated rings. The number of benzene rings is 2. The van der Waals surface area contributed by atoms with Crippen molar-refractivity contribution in [2.45, 2.75) is 26.7 Å². The van der Waals surface area contributed by atoms with Gasteiger partial charge in [0.1, 0.15) is 6.07 Å². The van der Waals surface area contributed by atoms with Crippen LogP contribution in [0.1, 0.15) is 32.4 Å². The predicted octanol–water partition coefficient (Wildman–Crippen LogP) is 4.62. The fourth-order valence-corrected chi connectivity index (χ4v) is 4.19. The van der Waals surface area contributed by atoms with Gasteiger partial charge in [-0.05, 0) is 65.6 Å². The van der Waals surface area contributed by atoms with Crippen molar-refractivity contribution in [1.82, 2.24) is 4.57 Å². The Morgan fingerprint density at radius 3 is 2.32 bits per heavy atom. The molecule has 0 aliphatic rings. The highest BCUT2D eigenvalue weighted by molar-refractivity contribution is 7.93. The molecule has 0 saturated heterocycles. The number of nitrogens with two attached hydrogens (primary N) is 1. The molecule has 7 heteroatoms. The lowest BCUT2D eigenvalue weighted by atomic mass is 10.0. The van der Waals surface area contributed by atoms with Gasteiger partial charge < -0.3 is 9.47 Å². The molecular weight excluding hydrogens is 408 g/mol. The van der Waals surface area contributed by atoms with Crippen molar-refractivity contribution in [3.63, 3.8) is 0 Å². The Morgan fingerprint density at radius 1 is 1.06 bits per heavy atom. The molecule has 0 bridgehead atoms. The minimum absolute atomic E-state index is 0.463. The number of fused-ring (bicyclic) bond motifs is 1. The van der Waals surface area contributed by atoms with Crippen LogP contribution in [0.25, 0.3) is 28.1 Å². The van der Waals surface area contributed by atoms with E-state index >= 15 is 0 Å². The zero-order valence-corrected chi connectivity index (χ0v) is 19.0. The molecule has 0 aliphatic carbocycles. The van der Waals surface area contributed by atoms with Gasteiger partial charge in [0.05, 0.1) is 0 Å².